The summed E-state index contributed by atoms with van der Waals surface area (Å²) in [5.74, 6) is 1.65. The summed E-state index contributed by atoms with van der Waals surface area (Å²) < 4.78 is 0. The Hall–Kier alpha value is 0. The molecule has 0 rings (SSSR count). The highest BCUT2D eigenvalue weighted by Crippen LogP contribution is 2.21. The van der Waals surface area contributed by atoms with Crippen LogP contribution in [0.2, 0.25) is 0 Å². The van der Waals surface area contributed by atoms with Gasteiger partial charge in [-0.25, -0.2) is 0 Å². The first-order chi connectivity index (χ1) is 8.20. The third-order valence-corrected chi connectivity index (χ3v) is 3.68. The van der Waals surface area contributed by atoms with Crippen molar-refractivity contribution in [3.63, 3.8) is 0 Å². The van der Waals surface area contributed by atoms with Gasteiger partial charge >= 0.3 is 0 Å². The van der Waals surface area contributed by atoms with E-state index in [9.17, 15) is 0 Å². The maximum Gasteiger partial charge on any atom is -0.0329 e. The van der Waals surface area contributed by atoms with Crippen LogP contribution in [0.3, 0.4) is 0 Å². The topological polar surface area (TPSA) is 0 Å². The molecule has 0 aromatic heterocycles. The Balaban J connectivity index is 3.34. The summed E-state index contributed by atoms with van der Waals surface area (Å²) in [5, 5.41) is 0. The molecule has 0 heterocycles. The predicted octanol–water partition coefficient (Wildman–Crippen LogP) is 6.40. The van der Waals surface area contributed by atoms with Crippen LogP contribution in [0.5, 0.6) is 0 Å². The predicted molar refractivity (Wildman–Crippen MR) is 80.1 cm³/mol. The molecule has 0 aliphatic carbocycles. The SMILES string of the molecule is CCCCCCCC(C)[CH]C(C)CCCCC. The molecule has 17 heavy (non-hydrogen) atoms. The van der Waals surface area contributed by atoms with E-state index in [1.54, 1.807) is 0 Å². The maximum atomic E-state index is 2.59. The first kappa shape index (κ1) is 17.0. The monoisotopic (exact) mass is 239 g/mol. The van der Waals surface area contributed by atoms with Crippen molar-refractivity contribution in [1.82, 2.24) is 0 Å². The normalized spacial score (nSPS) is 14.8. The van der Waals surface area contributed by atoms with E-state index in [2.05, 4.69) is 34.1 Å². The van der Waals surface area contributed by atoms with Gasteiger partial charge in [0.15, 0.2) is 0 Å². The zero-order valence-corrected chi connectivity index (χ0v) is 12.8. The van der Waals surface area contributed by atoms with E-state index in [1.807, 2.05) is 0 Å². The standard InChI is InChI=1S/C17H35/c1-5-7-9-10-12-14-17(4)15-16(3)13-11-8-6-2/h15-17H,5-14H2,1-4H3. The molecule has 103 valence electrons. The van der Waals surface area contributed by atoms with Crippen LogP contribution in [0.4, 0.5) is 0 Å². The minimum Gasteiger partial charge on any atom is -0.0654 e. The number of rotatable bonds is 12. The Morgan fingerprint density at radius 2 is 1.06 bits per heavy atom. The van der Waals surface area contributed by atoms with Gasteiger partial charge in [0, 0.05) is 0 Å². The van der Waals surface area contributed by atoms with Crippen LogP contribution in [0.1, 0.15) is 91.9 Å². The van der Waals surface area contributed by atoms with Crippen molar-refractivity contribution in [3.8, 4) is 0 Å². The van der Waals surface area contributed by atoms with Gasteiger partial charge in [-0.3, -0.25) is 0 Å². The van der Waals surface area contributed by atoms with Crippen LogP contribution in [0, 0.1) is 18.3 Å². The van der Waals surface area contributed by atoms with E-state index in [1.165, 1.54) is 64.2 Å². The van der Waals surface area contributed by atoms with E-state index in [4.69, 9.17) is 0 Å². The van der Waals surface area contributed by atoms with Crippen LogP contribution in [0.15, 0.2) is 0 Å². The summed E-state index contributed by atoms with van der Waals surface area (Å²) in [7, 11) is 0. The number of hydrogen-bond acceptors (Lipinski definition) is 0. The zero-order chi connectivity index (χ0) is 12.9. The van der Waals surface area contributed by atoms with Crippen LogP contribution in [0.25, 0.3) is 0 Å². The van der Waals surface area contributed by atoms with Crippen LogP contribution in [-0.2, 0) is 0 Å². The molecule has 0 bridgehead atoms. The molecular formula is C17H35. The average Bonchev–Trinajstić information content (AvgIpc) is 2.29. The molecule has 0 nitrogen and oxygen atoms in total. The lowest BCUT2D eigenvalue weighted by molar-refractivity contribution is 0.454. The summed E-state index contributed by atoms with van der Waals surface area (Å²) in [6.07, 6.45) is 16.7. The zero-order valence-electron chi connectivity index (χ0n) is 12.8. The molecule has 0 saturated heterocycles. The highest BCUT2D eigenvalue weighted by Gasteiger charge is 2.08. The molecule has 0 fully saturated rings. The van der Waals surface area contributed by atoms with Gasteiger partial charge in [-0.15, -0.1) is 0 Å². The van der Waals surface area contributed by atoms with E-state index in [-0.39, 0.29) is 0 Å². The summed E-state index contributed by atoms with van der Waals surface area (Å²) in [6, 6.07) is 0. The maximum absolute atomic E-state index is 2.59. The molecule has 0 spiro atoms. The molecular weight excluding hydrogens is 204 g/mol. The van der Waals surface area contributed by atoms with E-state index >= 15 is 0 Å². The molecule has 0 aromatic carbocycles. The molecule has 0 aromatic rings. The molecule has 0 saturated carbocycles. The summed E-state index contributed by atoms with van der Waals surface area (Å²) in [6.45, 7) is 9.36. The summed E-state index contributed by atoms with van der Waals surface area (Å²) >= 11 is 0. The van der Waals surface area contributed by atoms with Crippen molar-refractivity contribution in [3.05, 3.63) is 6.42 Å². The quantitative estimate of drug-likeness (QED) is 0.345. The Kier molecular flexibility index (Phi) is 12.5. The van der Waals surface area contributed by atoms with Crippen molar-refractivity contribution in [2.45, 2.75) is 91.9 Å². The first-order valence-electron chi connectivity index (χ1n) is 8.05. The molecule has 2 unspecified atom stereocenters. The Labute approximate surface area is 111 Å². The van der Waals surface area contributed by atoms with E-state index in [0.29, 0.717) is 0 Å². The fourth-order valence-electron chi connectivity index (χ4n) is 2.54. The van der Waals surface area contributed by atoms with Crippen LogP contribution >= 0.6 is 0 Å². The molecule has 0 amide bonds. The lowest BCUT2D eigenvalue weighted by atomic mass is 9.89. The summed E-state index contributed by atoms with van der Waals surface area (Å²) in [4.78, 5) is 0. The second-order valence-corrected chi connectivity index (χ2v) is 5.85. The van der Waals surface area contributed by atoms with Gasteiger partial charge in [-0.1, -0.05) is 91.9 Å². The van der Waals surface area contributed by atoms with Crippen molar-refractivity contribution >= 4 is 0 Å². The average molecular weight is 239 g/mol. The molecule has 2 atom stereocenters. The smallest absolute Gasteiger partial charge is 0.0329 e. The highest BCUT2D eigenvalue weighted by atomic mass is 14.1. The molecule has 1 radical (unpaired) electrons. The summed E-state index contributed by atoms with van der Waals surface area (Å²) in [5.41, 5.74) is 0. The van der Waals surface area contributed by atoms with Crippen molar-refractivity contribution in [2.24, 2.45) is 11.8 Å². The third kappa shape index (κ3) is 12.2. The second-order valence-electron chi connectivity index (χ2n) is 5.85. The fraction of sp³-hybridized carbons (Fsp3) is 0.941. The minimum atomic E-state index is 0.826. The van der Waals surface area contributed by atoms with Gasteiger partial charge in [0.2, 0.25) is 0 Å². The van der Waals surface area contributed by atoms with E-state index < -0.39 is 0 Å². The van der Waals surface area contributed by atoms with Crippen LogP contribution < -0.4 is 0 Å². The third-order valence-electron chi connectivity index (χ3n) is 3.68. The van der Waals surface area contributed by atoms with Gasteiger partial charge in [0.05, 0.1) is 0 Å². The fourth-order valence-corrected chi connectivity index (χ4v) is 2.54. The Morgan fingerprint density at radius 1 is 0.647 bits per heavy atom. The van der Waals surface area contributed by atoms with Crippen molar-refractivity contribution < 1.29 is 0 Å². The largest absolute Gasteiger partial charge is 0.0654 e. The van der Waals surface area contributed by atoms with Gasteiger partial charge in [0.1, 0.15) is 0 Å². The first-order valence-corrected chi connectivity index (χ1v) is 8.05. The number of unbranched alkanes of at least 4 members (excludes halogenated alkanes) is 6. The van der Waals surface area contributed by atoms with Gasteiger partial charge < -0.3 is 0 Å². The Morgan fingerprint density at radius 3 is 1.59 bits per heavy atom. The number of hydrogen-bond donors (Lipinski definition) is 0. The second kappa shape index (κ2) is 12.5. The molecule has 0 aliphatic heterocycles. The minimum absolute atomic E-state index is 0.826. The van der Waals surface area contributed by atoms with Gasteiger partial charge in [-0.05, 0) is 18.3 Å². The lowest BCUT2D eigenvalue weighted by Crippen LogP contribution is -2.04. The highest BCUT2D eigenvalue weighted by molar-refractivity contribution is 4.78. The molecule has 0 N–H and O–H groups in total. The lowest BCUT2D eigenvalue weighted by Gasteiger charge is -2.16. The van der Waals surface area contributed by atoms with Crippen LogP contribution in [-0.4, -0.2) is 0 Å². The Bertz CT molecular complexity index is 139. The van der Waals surface area contributed by atoms with Crippen molar-refractivity contribution in [2.75, 3.05) is 0 Å². The van der Waals surface area contributed by atoms with Crippen molar-refractivity contribution in [1.29, 1.82) is 0 Å². The van der Waals surface area contributed by atoms with E-state index in [0.717, 1.165) is 11.8 Å². The molecule has 0 heteroatoms. The van der Waals surface area contributed by atoms with Gasteiger partial charge in [0.25, 0.3) is 0 Å². The molecule has 0 aliphatic rings. The van der Waals surface area contributed by atoms with Gasteiger partial charge in [-0.2, -0.15) is 0 Å².